The third kappa shape index (κ3) is 5.14. The molecule has 1 unspecified atom stereocenters. The molecule has 0 aromatic heterocycles. The smallest absolute Gasteiger partial charge is 0.0721 e. The molecule has 0 aliphatic carbocycles. The van der Waals surface area contributed by atoms with Crippen molar-refractivity contribution >= 4 is 0 Å². The van der Waals surface area contributed by atoms with Crippen LogP contribution in [0, 0.1) is 12.3 Å². The Balaban J connectivity index is 3.57. The third-order valence-electron chi connectivity index (χ3n) is 1.06. The van der Waals surface area contributed by atoms with Crippen molar-refractivity contribution in [2.75, 3.05) is 0 Å². The quantitative estimate of drug-likeness (QED) is 0.460. The third-order valence-corrected chi connectivity index (χ3v) is 1.06. The van der Waals surface area contributed by atoms with E-state index in [0.717, 1.165) is 6.42 Å². The molecule has 1 nitrogen and oxygen atoms in total. The Morgan fingerprint density at radius 2 is 2.30 bits per heavy atom. The van der Waals surface area contributed by atoms with Gasteiger partial charge < -0.3 is 5.11 Å². The summed E-state index contributed by atoms with van der Waals surface area (Å²) in [5.41, 5.74) is 0. The van der Waals surface area contributed by atoms with Gasteiger partial charge in [-0.1, -0.05) is 31.1 Å². The second kappa shape index (κ2) is 6.12. The molecule has 0 saturated heterocycles. The van der Waals surface area contributed by atoms with Crippen LogP contribution in [0.15, 0.2) is 24.3 Å². The van der Waals surface area contributed by atoms with Crippen molar-refractivity contribution in [2.45, 2.75) is 19.4 Å². The first-order valence-electron chi connectivity index (χ1n) is 3.28. The summed E-state index contributed by atoms with van der Waals surface area (Å²) in [7, 11) is 0. The van der Waals surface area contributed by atoms with Crippen LogP contribution in [-0.2, 0) is 0 Å². The number of hydrogen-bond acceptors (Lipinski definition) is 1. The Labute approximate surface area is 62.1 Å². The van der Waals surface area contributed by atoms with Gasteiger partial charge in [0.05, 0.1) is 6.10 Å². The molecule has 0 aliphatic rings. The molecule has 0 aromatic rings. The largest absolute Gasteiger partial charge is 0.389 e. The molecule has 0 aromatic carbocycles. The highest BCUT2D eigenvalue weighted by Gasteiger charge is 1.88. The van der Waals surface area contributed by atoms with Crippen molar-refractivity contribution in [3.63, 3.8) is 0 Å². The molecule has 0 amide bonds. The van der Waals surface area contributed by atoms with E-state index >= 15 is 0 Å². The molecule has 10 heavy (non-hydrogen) atoms. The molecule has 0 radical (unpaired) electrons. The number of aliphatic hydroxyl groups is 1. The maximum absolute atomic E-state index is 8.98. The average molecular weight is 136 g/mol. The monoisotopic (exact) mass is 136 g/mol. The number of terminal acetylenes is 1. The molecule has 1 atom stereocenters. The molecular formula is C9H12O. The summed E-state index contributed by atoms with van der Waals surface area (Å²) in [5.74, 6) is 2.35. The van der Waals surface area contributed by atoms with E-state index in [9.17, 15) is 0 Å². The molecular weight excluding hydrogens is 124 g/mol. The maximum Gasteiger partial charge on any atom is 0.0721 e. The summed E-state index contributed by atoms with van der Waals surface area (Å²) >= 11 is 0. The first-order valence-corrected chi connectivity index (χ1v) is 3.28. The Morgan fingerprint density at radius 1 is 1.60 bits per heavy atom. The molecule has 0 aliphatic heterocycles. The fourth-order valence-corrected chi connectivity index (χ4v) is 0.440. The van der Waals surface area contributed by atoms with Crippen LogP contribution in [0.3, 0.4) is 0 Å². The second-order valence-electron chi connectivity index (χ2n) is 1.89. The van der Waals surface area contributed by atoms with E-state index in [1.165, 1.54) is 0 Å². The van der Waals surface area contributed by atoms with Gasteiger partial charge in [-0.3, -0.25) is 0 Å². The topological polar surface area (TPSA) is 20.2 Å². The zero-order chi connectivity index (χ0) is 7.82. The zero-order valence-electron chi connectivity index (χ0n) is 6.12. The van der Waals surface area contributed by atoms with E-state index < -0.39 is 0 Å². The van der Waals surface area contributed by atoms with Crippen LogP contribution < -0.4 is 0 Å². The van der Waals surface area contributed by atoms with E-state index in [0.29, 0.717) is 0 Å². The molecule has 0 rings (SSSR count). The van der Waals surface area contributed by atoms with Crippen molar-refractivity contribution in [1.82, 2.24) is 0 Å². The van der Waals surface area contributed by atoms with Gasteiger partial charge in [-0.15, -0.1) is 6.42 Å². The molecule has 0 spiro atoms. The van der Waals surface area contributed by atoms with Gasteiger partial charge in [0.1, 0.15) is 0 Å². The summed E-state index contributed by atoms with van der Waals surface area (Å²) < 4.78 is 0. The molecule has 54 valence electrons. The maximum atomic E-state index is 8.98. The Morgan fingerprint density at radius 3 is 2.80 bits per heavy atom. The van der Waals surface area contributed by atoms with Crippen molar-refractivity contribution in [3.8, 4) is 12.3 Å². The van der Waals surface area contributed by atoms with Gasteiger partial charge in [0, 0.05) is 0 Å². The van der Waals surface area contributed by atoms with Crippen molar-refractivity contribution < 1.29 is 5.11 Å². The van der Waals surface area contributed by atoms with Crippen LogP contribution in [0.4, 0.5) is 0 Å². The fraction of sp³-hybridized carbons (Fsp3) is 0.333. The first-order chi connectivity index (χ1) is 4.81. The minimum Gasteiger partial charge on any atom is -0.389 e. The minimum absolute atomic E-state index is 0.345. The Hall–Kier alpha value is -1.00. The standard InChI is InChI=1S/C9H12O/c1-3-5-6-7-8-9(10)4-2/h1,5-10H,4H2,2H3/b6-5+,8-7+. The molecule has 1 heteroatoms. The predicted octanol–water partition coefficient (Wildman–Crippen LogP) is 1.50. The van der Waals surface area contributed by atoms with Gasteiger partial charge in [-0.25, -0.2) is 0 Å². The molecule has 0 fully saturated rings. The van der Waals surface area contributed by atoms with Gasteiger partial charge in [-0.2, -0.15) is 0 Å². The summed E-state index contributed by atoms with van der Waals surface area (Å²) in [5, 5.41) is 8.98. The molecule has 0 heterocycles. The Kier molecular flexibility index (Phi) is 5.51. The minimum atomic E-state index is -0.345. The van der Waals surface area contributed by atoms with Crippen molar-refractivity contribution in [3.05, 3.63) is 24.3 Å². The van der Waals surface area contributed by atoms with Gasteiger partial charge in [0.15, 0.2) is 0 Å². The van der Waals surface area contributed by atoms with E-state index in [2.05, 4.69) is 5.92 Å². The number of rotatable bonds is 3. The first kappa shape index (κ1) is 9.00. The van der Waals surface area contributed by atoms with Crippen LogP contribution in [0.5, 0.6) is 0 Å². The van der Waals surface area contributed by atoms with E-state index in [4.69, 9.17) is 11.5 Å². The van der Waals surface area contributed by atoms with Gasteiger partial charge in [0.25, 0.3) is 0 Å². The van der Waals surface area contributed by atoms with E-state index in [-0.39, 0.29) is 6.10 Å². The number of aliphatic hydroxyl groups excluding tert-OH is 1. The van der Waals surface area contributed by atoms with Crippen LogP contribution in [0.25, 0.3) is 0 Å². The van der Waals surface area contributed by atoms with Crippen molar-refractivity contribution in [1.29, 1.82) is 0 Å². The van der Waals surface area contributed by atoms with E-state index in [1.807, 2.05) is 6.92 Å². The lowest BCUT2D eigenvalue weighted by Gasteiger charge is -1.95. The predicted molar refractivity (Wildman–Crippen MR) is 43.4 cm³/mol. The molecule has 1 N–H and O–H groups in total. The van der Waals surface area contributed by atoms with Crippen molar-refractivity contribution in [2.24, 2.45) is 0 Å². The highest BCUT2D eigenvalue weighted by atomic mass is 16.3. The highest BCUT2D eigenvalue weighted by Crippen LogP contribution is 1.91. The normalized spacial score (nSPS) is 14.1. The summed E-state index contributed by atoms with van der Waals surface area (Å²) in [6.45, 7) is 1.92. The lowest BCUT2D eigenvalue weighted by Crippen LogP contribution is -1.97. The molecule has 0 saturated carbocycles. The Bertz CT molecular complexity index is 160. The van der Waals surface area contributed by atoms with E-state index in [1.54, 1.807) is 24.3 Å². The second-order valence-corrected chi connectivity index (χ2v) is 1.89. The van der Waals surface area contributed by atoms with Gasteiger partial charge >= 0.3 is 0 Å². The molecule has 0 bridgehead atoms. The summed E-state index contributed by atoms with van der Waals surface area (Å²) in [6, 6.07) is 0. The SMILES string of the molecule is C#C/C=C/C=C/C(O)CC. The number of hydrogen-bond donors (Lipinski definition) is 1. The summed E-state index contributed by atoms with van der Waals surface area (Å²) in [4.78, 5) is 0. The average Bonchev–Trinajstić information content (AvgIpc) is 1.98. The van der Waals surface area contributed by atoms with Gasteiger partial charge in [-0.05, 0) is 12.5 Å². The summed E-state index contributed by atoms with van der Waals surface area (Å²) in [6.07, 6.45) is 12.1. The number of allylic oxidation sites excluding steroid dienone is 3. The lowest BCUT2D eigenvalue weighted by molar-refractivity contribution is 0.219. The van der Waals surface area contributed by atoms with Gasteiger partial charge in [0.2, 0.25) is 0 Å². The zero-order valence-corrected chi connectivity index (χ0v) is 6.12. The van der Waals surface area contributed by atoms with Crippen LogP contribution >= 0.6 is 0 Å². The van der Waals surface area contributed by atoms with Crippen LogP contribution in [-0.4, -0.2) is 11.2 Å². The fourth-order valence-electron chi connectivity index (χ4n) is 0.440. The van der Waals surface area contributed by atoms with Crippen LogP contribution in [0.1, 0.15) is 13.3 Å². The highest BCUT2D eigenvalue weighted by molar-refractivity contribution is 5.16. The lowest BCUT2D eigenvalue weighted by atomic mass is 10.2. The van der Waals surface area contributed by atoms with Crippen LogP contribution in [0.2, 0.25) is 0 Å².